The lowest BCUT2D eigenvalue weighted by Crippen LogP contribution is -2.05. The summed E-state index contributed by atoms with van der Waals surface area (Å²) in [6.07, 6.45) is 10.0. The minimum Gasteiger partial charge on any atom is -0.393 e. The van der Waals surface area contributed by atoms with E-state index in [0.29, 0.717) is 0 Å². The Hall–Kier alpha value is -1.86. The molecule has 1 unspecified atom stereocenters. The van der Waals surface area contributed by atoms with Gasteiger partial charge in [-0.25, -0.2) is 0 Å². The van der Waals surface area contributed by atoms with Crippen LogP contribution >= 0.6 is 0 Å². The molecule has 1 aliphatic rings. The molecule has 2 aromatic carbocycles. The zero-order valence-corrected chi connectivity index (χ0v) is 13.3. The first kappa shape index (κ1) is 15.1. The molecule has 2 aromatic rings. The maximum Gasteiger partial charge on any atom is 0.0512 e. The van der Waals surface area contributed by atoms with Crippen LogP contribution in [0.5, 0.6) is 0 Å². The molecule has 1 N–H and O–H groups in total. The normalized spacial score (nSPS) is 14.4. The monoisotopic (exact) mass is 292 g/mol. The number of aliphatic hydroxyl groups excluding tert-OH is 1. The number of unbranched alkanes of at least 4 members (excludes halogenated alkanes) is 3. The maximum atomic E-state index is 9.27. The predicted octanol–water partition coefficient (Wildman–Crippen LogP) is 3.23. The highest BCUT2D eigenvalue weighted by molar-refractivity contribution is 5.56. The van der Waals surface area contributed by atoms with Crippen molar-refractivity contribution in [3.05, 3.63) is 68.9 Å². The van der Waals surface area contributed by atoms with Gasteiger partial charge in [0.1, 0.15) is 0 Å². The van der Waals surface area contributed by atoms with Crippen LogP contribution < -0.4 is 10.4 Å². The second kappa shape index (κ2) is 6.93. The van der Waals surface area contributed by atoms with E-state index in [1.807, 2.05) is 6.92 Å². The number of benzene rings is 2. The molecule has 1 nitrogen and oxygen atoms in total. The van der Waals surface area contributed by atoms with Crippen molar-refractivity contribution < 1.29 is 5.11 Å². The van der Waals surface area contributed by atoms with Gasteiger partial charge in [-0.05, 0) is 58.7 Å². The molecule has 114 valence electrons. The second-order valence-corrected chi connectivity index (χ2v) is 6.23. The fraction of sp³-hybridized carbons (Fsp3) is 0.333. The molecule has 3 rings (SSSR count). The molecule has 22 heavy (non-hydrogen) atoms. The summed E-state index contributed by atoms with van der Waals surface area (Å²) in [6.45, 7) is 1.87. The molecule has 1 atom stereocenters. The van der Waals surface area contributed by atoms with E-state index in [1.54, 1.807) is 0 Å². The van der Waals surface area contributed by atoms with Gasteiger partial charge < -0.3 is 5.11 Å². The Balaban J connectivity index is 1.81. The summed E-state index contributed by atoms with van der Waals surface area (Å²) in [5.74, 6) is 0. The molecule has 0 aromatic heterocycles. The minimum atomic E-state index is -0.159. The van der Waals surface area contributed by atoms with Gasteiger partial charge in [0, 0.05) is 0 Å². The average Bonchev–Trinajstić information content (AvgIpc) is 2.89. The van der Waals surface area contributed by atoms with Crippen molar-refractivity contribution in [2.45, 2.75) is 45.1 Å². The van der Waals surface area contributed by atoms with Crippen LogP contribution in [0.25, 0.3) is 12.2 Å². The Morgan fingerprint density at radius 2 is 1.86 bits per heavy atom. The SMILES string of the molecule is CC(O)CCCCCC=c1cccc2c1=c1ccccc1=C2. The zero-order chi connectivity index (χ0) is 15.4. The molecule has 0 aliphatic heterocycles. The van der Waals surface area contributed by atoms with Crippen LogP contribution in [0, 0.1) is 10.4 Å². The number of fused-ring (bicyclic) bond motifs is 2. The van der Waals surface area contributed by atoms with Crippen LogP contribution in [-0.2, 0) is 0 Å². The first-order valence-electron chi connectivity index (χ1n) is 8.34. The second-order valence-electron chi connectivity index (χ2n) is 6.23. The minimum absolute atomic E-state index is 0.159. The summed E-state index contributed by atoms with van der Waals surface area (Å²) in [5.41, 5.74) is 1.34. The molecule has 0 heterocycles. The van der Waals surface area contributed by atoms with Gasteiger partial charge in [-0.2, -0.15) is 0 Å². The van der Waals surface area contributed by atoms with Gasteiger partial charge in [0.05, 0.1) is 6.10 Å². The lowest BCUT2D eigenvalue weighted by molar-refractivity contribution is 0.180. The van der Waals surface area contributed by atoms with Crippen molar-refractivity contribution in [2.24, 2.45) is 0 Å². The summed E-state index contributed by atoms with van der Waals surface area (Å²) in [7, 11) is 0. The molecule has 0 bridgehead atoms. The molecular formula is C21H24O. The van der Waals surface area contributed by atoms with Crippen LogP contribution in [0.3, 0.4) is 0 Å². The van der Waals surface area contributed by atoms with Gasteiger partial charge in [-0.15, -0.1) is 0 Å². The molecule has 0 radical (unpaired) electrons. The summed E-state index contributed by atoms with van der Waals surface area (Å²) >= 11 is 0. The molecule has 1 aliphatic carbocycles. The third-order valence-electron chi connectivity index (χ3n) is 4.36. The fourth-order valence-corrected chi connectivity index (χ4v) is 3.23. The predicted molar refractivity (Wildman–Crippen MR) is 92.6 cm³/mol. The molecule has 1 heteroatoms. The van der Waals surface area contributed by atoms with Gasteiger partial charge in [0.15, 0.2) is 0 Å². The number of hydrogen-bond acceptors (Lipinski definition) is 1. The zero-order valence-electron chi connectivity index (χ0n) is 13.3. The highest BCUT2D eigenvalue weighted by atomic mass is 16.3. The smallest absolute Gasteiger partial charge is 0.0512 e. The Morgan fingerprint density at radius 3 is 2.73 bits per heavy atom. The van der Waals surface area contributed by atoms with E-state index < -0.39 is 0 Å². The fourth-order valence-electron chi connectivity index (χ4n) is 3.23. The maximum absolute atomic E-state index is 9.27. The lowest BCUT2D eigenvalue weighted by atomic mass is 10.1. The van der Waals surface area contributed by atoms with Crippen molar-refractivity contribution in [2.75, 3.05) is 0 Å². The van der Waals surface area contributed by atoms with Crippen molar-refractivity contribution in [3.63, 3.8) is 0 Å². The van der Waals surface area contributed by atoms with Crippen molar-refractivity contribution in [3.8, 4) is 0 Å². The van der Waals surface area contributed by atoms with E-state index in [1.165, 1.54) is 39.3 Å². The Labute approximate surface area is 131 Å². The summed E-state index contributed by atoms with van der Waals surface area (Å²) in [5, 5.41) is 14.7. The first-order valence-corrected chi connectivity index (χ1v) is 8.34. The lowest BCUT2D eigenvalue weighted by Gasteiger charge is -2.02. The average molecular weight is 292 g/mol. The summed E-state index contributed by atoms with van der Waals surface area (Å²) in [4.78, 5) is 0. The quantitative estimate of drug-likeness (QED) is 0.692. The largest absolute Gasteiger partial charge is 0.393 e. The highest BCUT2D eigenvalue weighted by Crippen LogP contribution is 2.08. The topological polar surface area (TPSA) is 20.2 Å². The molecule has 0 saturated carbocycles. The summed E-state index contributed by atoms with van der Waals surface area (Å²) < 4.78 is 0. The molecular weight excluding hydrogens is 268 g/mol. The van der Waals surface area contributed by atoms with E-state index in [2.05, 4.69) is 54.6 Å². The number of hydrogen-bond donors (Lipinski definition) is 1. The van der Waals surface area contributed by atoms with Gasteiger partial charge in [-0.3, -0.25) is 0 Å². The van der Waals surface area contributed by atoms with Crippen molar-refractivity contribution >= 4 is 12.2 Å². The highest BCUT2D eigenvalue weighted by Gasteiger charge is 2.02. The van der Waals surface area contributed by atoms with Gasteiger partial charge in [-0.1, -0.05) is 61.4 Å². The molecule has 0 saturated heterocycles. The van der Waals surface area contributed by atoms with E-state index in [4.69, 9.17) is 0 Å². The van der Waals surface area contributed by atoms with Gasteiger partial charge in [0.25, 0.3) is 0 Å². The van der Waals surface area contributed by atoms with Crippen LogP contribution in [0.2, 0.25) is 0 Å². The van der Waals surface area contributed by atoms with Crippen LogP contribution in [-0.4, -0.2) is 11.2 Å². The van der Waals surface area contributed by atoms with Crippen molar-refractivity contribution in [1.82, 2.24) is 0 Å². The summed E-state index contributed by atoms with van der Waals surface area (Å²) in [6, 6.07) is 15.2. The third kappa shape index (κ3) is 3.31. The molecule has 0 fully saturated rings. The van der Waals surface area contributed by atoms with E-state index in [-0.39, 0.29) is 6.10 Å². The number of aliphatic hydroxyl groups is 1. The Kier molecular flexibility index (Phi) is 4.74. The third-order valence-corrected chi connectivity index (χ3v) is 4.36. The Bertz CT molecular complexity index is 846. The van der Waals surface area contributed by atoms with E-state index in [9.17, 15) is 5.11 Å². The van der Waals surface area contributed by atoms with Gasteiger partial charge in [0.2, 0.25) is 0 Å². The number of rotatable bonds is 6. The molecule has 0 spiro atoms. The van der Waals surface area contributed by atoms with Crippen molar-refractivity contribution in [1.29, 1.82) is 0 Å². The standard InChI is InChI=1S/C21H24O/c1-16(22)9-4-2-3-5-10-17-12-8-13-19-15-18-11-6-7-14-20(18)21(17)19/h6-8,10-16,22H,2-5,9H2,1H3. The Morgan fingerprint density at radius 1 is 1.00 bits per heavy atom. The van der Waals surface area contributed by atoms with E-state index >= 15 is 0 Å². The van der Waals surface area contributed by atoms with E-state index in [0.717, 1.165) is 19.3 Å². The van der Waals surface area contributed by atoms with Crippen LogP contribution in [0.4, 0.5) is 0 Å². The van der Waals surface area contributed by atoms with Crippen LogP contribution in [0.15, 0.2) is 42.5 Å². The first-order chi connectivity index (χ1) is 10.8. The van der Waals surface area contributed by atoms with Crippen LogP contribution in [0.1, 0.15) is 44.6 Å². The van der Waals surface area contributed by atoms with Gasteiger partial charge >= 0.3 is 0 Å². The molecule has 0 amide bonds.